The number of rotatable bonds is 2. The SMILES string of the molecule is O=C(O)c1ccc2nc(-c3ccccc3Br)sc2c1. The molecule has 3 nitrogen and oxygen atoms in total. The lowest BCUT2D eigenvalue weighted by molar-refractivity contribution is 0.0697. The van der Waals surface area contributed by atoms with E-state index in [1.54, 1.807) is 18.2 Å². The number of nitrogens with zero attached hydrogens (tertiary/aromatic N) is 1. The van der Waals surface area contributed by atoms with Crippen LogP contribution in [0.1, 0.15) is 10.4 Å². The number of fused-ring (bicyclic) bond motifs is 1. The first-order valence-electron chi connectivity index (χ1n) is 5.54. The van der Waals surface area contributed by atoms with Crippen molar-refractivity contribution in [3.63, 3.8) is 0 Å². The number of aromatic nitrogens is 1. The largest absolute Gasteiger partial charge is 0.478 e. The standard InChI is InChI=1S/C14H8BrNO2S/c15-10-4-2-1-3-9(10)13-16-11-6-5-8(14(17)18)7-12(11)19-13/h1-7H,(H,17,18). The minimum atomic E-state index is -0.919. The highest BCUT2D eigenvalue weighted by molar-refractivity contribution is 9.10. The highest BCUT2D eigenvalue weighted by Gasteiger charge is 2.11. The average molecular weight is 334 g/mol. The van der Waals surface area contributed by atoms with Crippen molar-refractivity contribution in [3.8, 4) is 10.6 Å². The van der Waals surface area contributed by atoms with Crippen LogP contribution < -0.4 is 0 Å². The van der Waals surface area contributed by atoms with Gasteiger partial charge in [0.2, 0.25) is 0 Å². The van der Waals surface area contributed by atoms with Crippen molar-refractivity contribution in [2.75, 3.05) is 0 Å². The van der Waals surface area contributed by atoms with E-state index in [0.717, 1.165) is 25.3 Å². The minimum Gasteiger partial charge on any atom is -0.478 e. The van der Waals surface area contributed by atoms with E-state index < -0.39 is 5.97 Å². The van der Waals surface area contributed by atoms with Crippen LogP contribution in [0, 0.1) is 0 Å². The molecule has 0 aliphatic carbocycles. The van der Waals surface area contributed by atoms with Crippen molar-refractivity contribution in [2.24, 2.45) is 0 Å². The van der Waals surface area contributed by atoms with Crippen LogP contribution in [0.25, 0.3) is 20.8 Å². The third kappa shape index (κ3) is 2.27. The number of carbonyl (C=O) groups is 1. The Morgan fingerprint density at radius 3 is 2.74 bits per heavy atom. The van der Waals surface area contributed by atoms with Gasteiger partial charge in [-0.05, 0) is 24.3 Å². The molecule has 3 aromatic rings. The Kier molecular flexibility index (Phi) is 3.08. The molecule has 94 valence electrons. The number of aromatic carboxylic acids is 1. The lowest BCUT2D eigenvalue weighted by atomic mass is 10.2. The maximum atomic E-state index is 11.0. The summed E-state index contributed by atoms with van der Waals surface area (Å²) in [5, 5.41) is 9.87. The summed E-state index contributed by atoms with van der Waals surface area (Å²) < 4.78 is 1.86. The van der Waals surface area contributed by atoms with Gasteiger partial charge in [0.05, 0.1) is 15.8 Å². The first-order chi connectivity index (χ1) is 9.15. The van der Waals surface area contributed by atoms with Crippen molar-refractivity contribution >= 4 is 43.5 Å². The molecule has 3 rings (SSSR count). The first-order valence-corrected chi connectivity index (χ1v) is 7.15. The van der Waals surface area contributed by atoms with Crippen LogP contribution in [0.3, 0.4) is 0 Å². The van der Waals surface area contributed by atoms with Gasteiger partial charge in [0.25, 0.3) is 0 Å². The predicted molar refractivity (Wildman–Crippen MR) is 79.7 cm³/mol. The van der Waals surface area contributed by atoms with Gasteiger partial charge in [-0.1, -0.05) is 34.1 Å². The van der Waals surface area contributed by atoms with Crippen LogP contribution in [-0.4, -0.2) is 16.1 Å². The fourth-order valence-electron chi connectivity index (χ4n) is 1.81. The van der Waals surface area contributed by atoms with Gasteiger partial charge in [-0.15, -0.1) is 11.3 Å². The number of carboxylic acids is 1. The van der Waals surface area contributed by atoms with Gasteiger partial charge in [-0.3, -0.25) is 0 Å². The van der Waals surface area contributed by atoms with Gasteiger partial charge in [-0.25, -0.2) is 9.78 Å². The summed E-state index contributed by atoms with van der Waals surface area (Å²) in [4.78, 5) is 15.5. The fraction of sp³-hybridized carbons (Fsp3) is 0. The highest BCUT2D eigenvalue weighted by Crippen LogP contribution is 2.34. The molecular formula is C14H8BrNO2S. The zero-order valence-corrected chi connectivity index (χ0v) is 12.0. The molecular weight excluding hydrogens is 326 g/mol. The number of halogens is 1. The van der Waals surface area contributed by atoms with Crippen molar-refractivity contribution in [3.05, 3.63) is 52.5 Å². The third-order valence-corrected chi connectivity index (χ3v) is 4.48. The number of thiazole rings is 1. The smallest absolute Gasteiger partial charge is 0.335 e. The number of carboxylic acid groups (broad SMARTS) is 1. The molecule has 0 aliphatic heterocycles. The van der Waals surface area contributed by atoms with Gasteiger partial charge < -0.3 is 5.11 Å². The van der Waals surface area contributed by atoms with Crippen LogP contribution in [-0.2, 0) is 0 Å². The molecule has 0 saturated carbocycles. The molecule has 0 saturated heterocycles. The molecule has 19 heavy (non-hydrogen) atoms. The maximum absolute atomic E-state index is 11.0. The maximum Gasteiger partial charge on any atom is 0.335 e. The molecule has 0 aliphatic rings. The molecule has 1 N–H and O–H groups in total. The van der Waals surface area contributed by atoms with E-state index in [9.17, 15) is 4.79 Å². The highest BCUT2D eigenvalue weighted by atomic mass is 79.9. The van der Waals surface area contributed by atoms with E-state index in [1.165, 1.54) is 11.3 Å². The Bertz CT molecular complexity index is 782. The lowest BCUT2D eigenvalue weighted by Gasteiger charge is -1.97. The molecule has 0 bridgehead atoms. The predicted octanol–water partition coefficient (Wildman–Crippen LogP) is 4.42. The molecule has 0 radical (unpaired) electrons. The fourth-order valence-corrected chi connectivity index (χ4v) is 3.46. The van der Waals surface area contributed by atoms with E-state index >= 15 is 0 Å². The van der Waals surface area contributed by atoms with E-state index in [4.69, 9.17) is 5.11 Å². The Morgan fingerprint density at radius 1 is 1.21 bits per heavy atom. The molecule has 2 aromatic carbocycles. The van der Waals surface area contributed by atoms with Gasteiger partial charge in [-0.2, -0.15) is 0 Å². The molecule has 5 heteroatoms. The number of benzene rings is 2. The minimum absolute atomic E-state index is 0.287. The van der Waals surface area contributed by atoms with Gasteiger partial charge in [0.1, 0.15) is 5.01 Å². The Morgan fingerprint density at radius 2 is 2.00 bits per heavy atom. The average Bonchev–Trinajstić information content (AvgIpc) is 2.81. The van der Waals surface area contributed by atoms with Crippen molar-refractivity contribution in [1.29, 1.82) is 0 Å². The Hall–Kier alpha value is -1.72. The second kappa shape index (κ2) is 4.75. The second-order valence-electron chi connectivity index (χ2n) is 3.99. The summed E-state index contributed by atoms with van der Waals surface area (Å²) in [7, 11) is 0. The lowest BCUT2D eigenvalue weighted by Crippen LogP contribution is -1.94. The van der Waals surface area contributed by atoms with Crippen LogP contribution >= 0.6 is 27.3 Å². The molecule has 0 atom stereocenters. The van der Waals surface area contributed by atoms with Crippen LogP contribution in [0.15, 0.2) is 46.9 Å². The van der Waals surface area contributed by atoms with Gasteiger partial charge in [0.15, 0.2) is 0 Å². The zero-order valence-electron chi connectivity index (χ0n) is 9.63. The monoisotopic (exact) mass is 333 g/mol. The number of hydrogen-bond donors (Lipinski definition) is 1. The summed E-state index contributed by atoms with van der Waals surface area (Å²) in [6, 6.07) is 12.8. The number of hydrogen-bond acceptors (Lipinski definition) is 3. The molecule has 0 spiro atoms. The van der Waals surface area contributed by atoms with Gasteiger partial charge >= 0.3 is 5.97 Å². The summed E-state index contributed by atoms with van der Waals surface area (Å²) in [6.45, 7) is 0. The van der Waals surface area contributed by atoms with Gasteiger partial charge in [0, 0.05) is 10.0 Å². The molecule has 0 unspecified atom stereocenters. The summed E-state index contributed by atoms with van der Waals surface area (Å²) in [5.74, 6) is -0.919. The topological polar surface area (TPSA) is 50.2 Å². The Labute approximate surface area is 121 Å². The van der Waals surface area contributed by atoms with Crippen LogP contribution in [0.4, 0.5) is 0 Å². The van der Waals surface area contributed by atoms with Crippen molar-refractivity contribution < 1.29 is 9.90 Å². The first kappa shape index (κ1) is 12.3. The van der Waals surface area contributed by atoms with E-state index in [1.807, 2.05) is 24.3 Å². The molecule has 0 amide bonds. The molecule has 1 heterocycles. The zero-order chi connectivity index (χ0) is 13.4. The normalized spacial score (nSPS) is 10.8. The van der Waals surface area contributed by atoms with E-state index in [2.05, 4.69) is 20.9 Å². The summed E-state index contributed by atoms with van der Waals surface area (Å²) >= 11 is 4.99. The second-order valence-corrected chi connectivity index (χ2v) is 5.87. The summed E-state index contributed by atoms with van der Waals surface area (Å²) in [6.07, 6.45) is 0. The van der Waals surface area contributed by atoms with E-state index in [-0.39, 0.29) is 5.56 Å². The third-order valence-electron chi connectivity index (χ3n) is 2.74. The quantitative estimate of drug-likeness (QED) is 0.754. The molecule has 0 fully saturated rings. The Balaban J connectivity index is 2.17. The van der Waals surface area contributed by atoms with Crippen molar-refractivity contribution in [1.82, 2.24) is 4.98 Å². The van der Waals surface area contributed by atoms with E-state index in [0.29, 0.717) is 0 Å². The van der Waals surface area contributed by atoms with Crippen LogP contribution in [0.2, 0.25) is 0 Å². The summed E-state index contributed by atoms with van der Waals surface area (Å²) in [5.41, 5.74) is 2.12. The van der Waals surface area contributed by atoms with Crippen LogP contribution in [0.5, 0.6) is 0 Å². The van der Waals surface area contributed by atoms with Crippen molar-refractivity contribution in [2.45, 2.75) is 0 Å². The molecule has 1 aromatic heterocycles.